The Hall–Kier alpha value is -1.39. The van der Waals surface area contributed by atoms with E-state index in [0.717, 1.165) is 36.5 Å². The number of nitrogens with zero attached hydrogens (tertiary/aromatic N) is 1. The van der Waals surface area contributed by atoms with Crippen molar-refractivity contribution in [1.29, 1.82) is 0 Å². The van der Waals surface area contributed by atoms with Gasteiger partial charge in [0.1, 0.15) is 5.60 Å². The molecule has 1 aromatic rings. The molecule has 1 aromatic carbocycles. The number of methoxy groups -OCH3 is 1. The molecule has 4 fully saturated rings. The summed E-state index contributed by atoms with van der Waals surface area (Å²) in [7, 11) is 1.87. The summed E-state index contributed by atoms with van der Waals surface area (Å²) in [5, 5.41) is 0. The number of primary amides is 1. The highest BCUT2D eigenvalue weighted by atomic mass is 16.5. The van der Waals surface area contributed by atoms with E-state index in [4.69, 9.17) is 10.5 Å². The average molecular weight is 369 g/mol. The molecular formula is C23H32N2O2. The van der Waals surface area contributed by atoms with Crippen molar-refractivity contribution in [2.45, 2.75) is 56.6 Å². The van der Waals surface area contributed by atoms with Crippen molar-refractivity contribution in [2.75, 3.05) is 20.2 Å². The Morgan fingerprint density at radius 3 is 2.33 bits per heavy atom. The third kappa shape index (κ3) is 2.67. The molecule has 5 atom stereocenters. The van der Waals surface area contributed by atoms with E-state index >= 15 is 0 Å². The zero-order valence-electron chi connectivity index (χ0n) is 16.4. The minimum Gasteiger partial charge on any atom is -0.373 e. The van der Waals surface area contributed by atoms with E-state index in [2.05, 4.69) is 11.0 Å². The molecule has 2 bridgehead atoms. The number of carbonyl (C=O) groups excluding carboxylic acids is 1. The summed E-state index contributed by atoms with van der Waals surface area (Å²) in [5.41, 5.74) is 7.04. The van der Waals surface area contributed by atoms with Crippen LogP contribution in [0.3, 0.4) is 0 Å². The molecule has 0 radical (unpaired) electrons. The standard InChI is InChI=1S/C23H32N2O2/c1-27-23(18-5-2-4-17(10-18)22(24)26)19-6-3-7-20(23)14-25(13-19)21-11-15-8-9-16(15)12-21/h2,4-5,10,15-16,19-21H,3,6-9,11-14H2,1H3,(H2,24,26)/t15-,16?,19?,20?,21?,23?/m1/s1. The van der Waals surface area contributed by atoms with Gasteiger partial charge in [-0.15, -0.1) is 0 Å². The molecule has 1 heterocycles. The second kappa shape index (κ2) is 6.59. The summed E-state index contributed by atoms with van der Waals surface area (Å²) < 4.78 is 6.35. The van der Waals surface area contributed by atoms with Crippen LogP contribution >= 0.6 is 0 Å². The molecule has 4 unspecified atom stereocenters. The van der Waals surface area contributed by atoms with Gasteiger partial charge in [-0.25, -0.2) is 0 Å². The largest absolute Gasteiger partial charge is 0.373 e. The molecule has 2 N–H and O–H groups in total. The quantitative estimate of drug-likeness (QED) is 0.884. The van der Waals surface area contributed by atoms with Crippen molar-refractivity contribution in [3.8, 4) is 0 Å². The third-order valence-corrected chi connectivity index (χ3v) is 8.40. The van der Waals surface area contributed by atoms with E-state index in [1.165, 1.54) is 44.9 Å². The fourth-order valence-electron chi connectivity index (χ4n) is 6.96. The number of nitrogens with two attached hydrogens (primary N) is 1. The molecular weight excluding hydrogens is 336 g/mol. The second-order valence-corrected chi connectivity index (χ2v) is 9.44. The maximum atomic E-state index is 11.7. The minimum absolute atomic E-state index is 0.266. The molecule has 27 heavy (non-hydrogen) atoms. The number of benzene rings is 1. The highest BCUT2D eigenvalue weighted by Crippen LogP contribution is 2.54. The summed E-state index contributed by atoms with van der Waals surface area (Å²) in [6.45, 7) is 2.27. The Balaban J connectivity index is 1.45. The van der Waals surface area contributed by atoms with Gasteiger partial charge in [0, 0.05) is 43.6 Å². The number of likely N-dealkylation sites (tertiary alicyclic amines) is 1. The van der Waals surface area contributed by atoms with Crippen LogP contribution in [0.4, 0.5) is 0 Å². The monoisotopic (exact) mass is 368 g/mol. The van der Waals surface area contributed by atoms with Crippen molar-refractivity contribution in [1.82, 2.24) is 4.90 Å². The topological polar surface area (TPSA) is 55.6 Å². The number of fused-ring (bicyclic) bond motifs is 3. The zero-order chi connectivity index (χ0) is 18.6. The number of carbonyl (C=O) groups is 1. The molecule has 0 spiro atoms. The first-order valence-corrected chi connectivity index (χ1v) is 10.8. The second-order valence-electron chi connectivity index (χ2n) is 9.44. The molecule has 4 nitrogen and oxygen atoms in total. The normalized spacial score (nSPS) is 41.0. The first-order chi connectivity index (χ1) is 13.1. The predicted molar refractivity (Wildman–Crippen MR) is 105 cm³/mol. The Bertz CT molecular complexity index is 707. The van der Waals surface area contributed by atoms with Gasteiger partial charge in [-0.2, -0.15) is 0 Å². The minimum atomic E-state index is -0.355. The Kier molecular flexibility index (Phi) is 4.32. The zero-order valence-corrected chi connectivity index (χ0v) is 16.4. The van der Waals surface area contributed by atoms with Crippen molar-refractivity contribution < 1.29 is 9.53 Å². The maximum Gasteiger partial charge on any atom is 0.248 e. The molecule has 3 saturated carbocycles. The molecule has 4 heteroatoms. The van der Waals surface area contributed by atoms with E-state index < -0.39 is 0 Å². The number of ether oxygens (including phenoxy) is 1. The van der Waals surface area contributed by atoms with Crippen LogP contribution in [-0.4, -0.2) is 37.0 Å². The lowest BCUT2D eigenvalue weighted by Crippen LogP contribution is -2.60. The highest BCUT2D eigenvalue weighted by molar-refractivity contribution is 5.92. The molecule has 1 amide bonds. The van der Waals surface area contributed by atoms with Crippen molar-refractivity contribution in [2.24, 2.45) is 29.4 Å². The van der Waals surface area contributed by atoms with Crippen molar-refractivity contribution in [3.05, 3.63) is 35.4 Å². The van der Waals surface area contributed by atoms with Crippen LogP contribution in [0.15, 0.2) is 24.3 Å². The van der Waals surface area contributed by atoms with E-state index in [1.54, 1.807) is 0 Å². The van der Waals surface area contributed by atoms with Gasteiger partial charge in [0.25, 0.3) is 0 Å². The van der Waals surface area contributed by atoms with Gasteiger partial charge in [0.15, 0.2) is 0 Å². The number of piperidine rings is 1. The highest BCUT2D eigenvalue weighted by Gasteiger charge is 2.55. The van der Waals surface area contributed by atoms with Crippen LogP contribution < -0.4 is 5.73 Å². The van der Waals surface area contributed by atoms with Crippen LogP contribution in [0, 0.1) is 23.7 Å². The van der Waals surface area contributed by atoms with Crippen LogP contribution in [0.25, 0.3) is 0 Å². The summed E-state index contributed by atoms with van der Waals surface area (Å²) in [6.07, 6.45) is 9.47. The van der Waals surface area contributed by atoms with Crippen molar-refractivity contribution in [3.63, 3.8) is 0 Å². The molecule has 1 saturated heterocycles. The Morgan fingerprint density at radius 2 is 1.78 bits per heavy atom. The fraction of sp³-hybridized carbons (Fsp3) is 0.696. The van der Waals surface area contributed by atoms with Gasteiger partial charge < -0.3 is 10.5 Å². The van der Waals surface area contributed by atoms with E-state index in [0.29, 0.717) is 17.4 Å². The number of rotatable bonds is 4. The van der Waals surface area contributed by atoms with Gasteiger partial charge >= 0.3 is 0 Å². The molecule has 1 aliphatic heterocycles. The van der Waals surface area contributed by atoms with E-state index in [-0.39, 0.29) is 11.5 Å². The lowest BCUT2D eigenvalue weighted by Gasteiger charge is -2.56. The molecule has 4 aliphatic rings. The Morgan fingerprint density at radius 1 is 1.11 bits per heavy atom. The smallest absolute Gasteiger partial charge is 0.248 e. The van der Waals surface area contributed by atoms with Crippen LogP contribution in [0.2, 0.25) is 0 Å². The summed E-state index contributed by atoms with van der Waals surface area (Å²) in [5.74, 6) is 2.66. The summed E-state index contributed by atoms with van der Waals surface area (Å²) >= 11 is 0. The summed E-state index contributed by atoms with van der Waals surface area (Å²) in [4.78, 5) is 14.5. The van der Waals surface area contributed by atoms with E-state index in [9.17, 15) is 4.79 Å². The van der Waals surface area contributed by atoms with Gasteiger partial charge in [-0.05, 0) is 68.1 Å². The van der Waals surface area contributed by atoms with Gasteiger partial charge in [0.2, 0.25) is 5.91 Å². The molecule has 3 aliphatic carbocycles. The number of amides is 1. The molecule has 146 valence electrons. The van der Waals surface area contributed by atoms with Crippen LogP contribution in [-0.2, 0) is 10.3 Å². The Labute approximate surface area is 162 Å². The van der Waals surface area contributed by atoms with Gasteiger partial charge in [0.05, 0.1) is 0 Å². The SMILES string of the molecule is COC1(c2cccc(C(N)=O)c2)C2CCCC1CN(C1CC3CC[C@@H]3C1)C2. The molecule has 0 aromatic heterocycles. The lowest BCUT2D eigenvalue weighted by molar-refractivity contribution is -0.174. The van der Waals surface area contributed by atoms with Gasteiger partial charge in [-0.1, -0.05) is 18.6 Å². The average Bonchev–Trinajstić information content (AvgIpc) is 2.95. The fourth-order valence-corrected chi connectivity index (χ4v) is 6.96. The van der Waals surface area contributed by atoms with Crippen molar-refractivity contribution >= 4 is 5.91 Å². The third-order valence-electron chi connectivity index (χ3n) is 8.40. The summed E-state index contributed by atoms with van der Waals surface area (Å²) in [6, 6.07) is 8.70. The van der Waals surface area contributed by atoms with E-state index in [1.807, 2.05) is 25.3 Å². The number of hydrogen-bond donors (Lipinski definition) is 1. The first kappa shape index (κ1) is 17.7. The molecule has 5 rings (SSSR count). The number of hydrogen-bond acceptors (Lipinski definition) is 3. The first-order valence-electron chi connectivity index (χ1n) is 10.8. The van der Waals surface area contributed by atoms with Gasteiger partial charge in [-0.3, -0.25) is 9.69 Å². The predicted octanol–water partition coefficient (Wildman–Crippen LogP) is 3.55. The maximum absolute atomic E-state index is 11.7. The lowest BCUT2D eigenvalue weighted by atomic mass is 9.62. The van der Waals surface area contributed by atoms with Crippen LogP contribution in [0.5, 0.6) is 0 Å². The van der Waals surface area contributed by atoms with Crippen LogP contribution in [0.1, 0.15) is 60.9 Å².